The number of halogens is 1. The minimum atomic E-state index is -0.101. The van der Waals surface area contributed by atoms with Crippen molar-refractivity contribution in [2.45, 2.75) is 26.2 Å². The van der Waals surface area contributed by atoms with Crippen LogP contribution >= 0.6 is 11.6 Å². The zero-order valence-electron chi connectivity index (χ0n) is 17.3. The normalized spacial score (nSPS) is 17.9. The molecular formula is C22H27ClN4O3. The van der Waals surface area contributed by atoms with Crippen molar-refractivity contribution >= 4 is 23.4 Å². The van der Waals surface area contributed by atoms with Gasteiger partial charge in [-0.1, -0.05) is 35.0 Å². The number of hydrogen-bond acceptors (Lipinski definition) is 5. The predicted molar refractivity (Wildman–Crippen MR) is 114 cm³/mol. The molecule has 160 valence electrons. The molecule has 2 aliphatic heterocycles. The van der Waals surface area contributed by atoms with Gasteiger partial charge in [-0.05, 0) is 32.3 Å². The highest BCUT2D eigenvalue weighted by molar-refractivity contribution is 6.33. The van der Waals surface area contributed by atoms with Crippen molar-refractivity contribution in [2.24, 2.45) is 0 Å². The van der Waals surface area contributed by atoms with Crippen molar-refractivity contribution in [2.75, 3.05) is 45.8 Å². The molecule has 0 bridgehead atoms. The molecule has 0 atom stereocenters. The van der Waals surface area contributed by atoms with Gasteiger partial charge < -0.3 is 14.3 Å². The van der Waals surface area contributed by atoms with E-state index in [0.717, 1.165) is 38.9 Å². The maximum absolute atomic E-state index is 13.4. The van der Waals surface area contributed by atoms with Gasteiger partial charge in [-0.2, -0.15) is 0 Å². The Morgan fingerprint density at radius 3 is 2.50 bits per heavy atom. The standard InChI is InChI=1S/C22H27ClN4O3/c1-16-20(21(24-30-16)17-7-2-3-8-18(17)23)22(29)27-12-6-9-25(13-14-27)15-19(28)26-10-4-5-11-26/h2-3,7-8H,4-6,9-15H2,1H3. The Morgan fingerprint density at radius 2 is 1.73 bits per heavy atom. The van der Waals surface area contributed by atoms with Crippen LogP contribution in [0.3, 0.4) is 0 Å². The zero-order valence-corrected chi connectivity index (χ0v) is 18.0. The molecule has 2 fully saturated rings. The largest absolute Gasteiger partial charge is 0.360 e. The molecule has 2 aliphatic rings. The summed E-state index contributed by atoms with van der Waals surface area (Å²) < 4.78 is 5.36. The molecular weight excluding hydrogens is 404 g/mol. The number of benzene rings is 1. The summed E-state index contributed by atoms with van der Waals surface area (Å²) in [5, 5.41) is 4.65. The molecule has 1 aromatic heterocycles. The van der Waals surface area contributed by atoms with Crippen molar-refractivity contribution in [1.29, 1.82) is 0 Å². The first-order valence-electron chi connectivity index (χ1n) is 10.5. The van der Waals surface area contributed by atoms with E-state index in [-0.39, 0.29) is 11.8 Å². The Bertz CT molecular complexity index is 923. The average molecular weight is 431 g/mol. The van der Waals surface area contributed by atoms with Gasteiger partial charge in [0, 0.05) is 44.8 Å². The minimum Gasteiger partial charge on any atom is -0.360 e. The van der Waals surface area contributed by atoms with Gasteiger partial charge in [-0.25, -0.2) is 0 Å². The highest BCUT2D eigenvalue weighted by Crippen LogP contribution is 2.31. The fourth-order valence-corrected chi connectivity index (χ4v) is 4.43. The Morgan fingerprint density at radius 1 is 1.00 bits per heavy atom. The Balaban J connectivity index is 1.45. The fraction of sp³-hybridized carbons (Fsp3) is 0.500. The van der Waals surface area contributed by atoms with E-state index in [1.807, 2.05) is 28.0 Å². The van der Waals surface area contributed by atoms with Crippen LogP contribution in [0.1, 0.15) is 35.4 Å². The van der Waals surface area contributed by atoms with E-state index < -0.39 is 0 Å². The maximum Gasteiger partial charge on any atom is 0.259 e. The third kappa shape index (κ3) is 4.37. The number of likely N-dealkylation sites (tertiary alicyclic amines) is 1. The van der Waals surface area contributed by atoms with Gasteiger partial charge in [0.2, 0.25) is 5.91 Å². The Kier molecular flexibility index (Phi) is 6.39. The highest BCUT2D eigenvalue weighted by atomic mass is 35.5. The van der Waals surface area contributed by atoms with Crippen LogP contribution in [-0.2, 0) is 4.79 Å². The number of rotatable bonds is 4. The van der Waals surface area contributed by atoms with Crippen LogP contribution in [0.2, 0.25) is 5.02 Å². The van der Waals surface area contributed by atoms with Crippen LogP contribution in [0.25, 0.3) is 11.3 Å². The van der Waals surface area contributed by atoms with Crippen molar-refractivity contribution in [3.05, 3.63) is 40.6 Å². The monoisotopic (exact) mass is 430 g/mol. The van der Waals surface area contributed by atoms with E-state index >= 15 is 0 Å². The van der Waals surface area contributed by atoms with Crippen LogP contribution < -0.4 is 0 Å². The molecule has 0 N–H and O–H groups in total. The second-order valence-electron chi connectivity index (χ2n) is 7.95. The van der Waals surface area contributed by atoms with Crippen LogP contribution in [-0.4, -0.2) is 77.5 Å². The molecule has 2 saturated heterocycles. The van der Waals surface area contributed by atoms with Gasteiger partial charge in [-0.15, -0.1) is 0 Å². The number of carbonyl (C=O) groups excluding carboxylic acids is 2. The molecule has 7 nitrogen and oxygen atoms in total. The van der Waals surface area contributed by atoms with Crippen molar-refractivity contribution in [1.82, 2.24) is 19.9 Å². The first-order chi connectivity index (χ1) is 14.5. The quantitative estimate of drug-likeness (QED) is 0.745. The van der Waals surface area contributed by atoms with Gasteiger partial charge in [0.05, 0.1) is 11.6 Å². The minimum absolute atomic E-state index is 0.101. The molecule has 0 radical (unpaired) electrons. The van der Waals surface area contributed by atoms with Crippen LogP contribution in [0.4, 0.5) is 0 Å². The van der Waals surface area contributed by atoms with Crippen molar-refractivity contribution in [3.8, 4) is 11.3 Å². The van der Waals surface area contributed by atoms with Crippen LogP contribution in [0.15, 0.2) is 28.8 Å². The van der Waals surface area contributed by atoms with E-state index in [9.17, 15) is 9.59 Å². The summed E-state index contributed by atoms with van der Waals surface area (Å²) in [6.45, 7) is 6.61. The number of aryl methyl sites for hydroxylation is 1. The highest BCUT2D eigenvalue weighted by Gasteiger charge is 2.29. The van der Waals surface area contributed by atoms with Crippen LogP contribution in [0, 0.1) is 6.92 Å². The van der Waals surface area contributed by atoms with E-state index in [2.05, 4.69) is 10.1 Å². The third-order valence-electron chi connectivity index (χ3n) is 5.90. The zero-order chi connectivity index (χ0) is 21.1. The molecule has 0 unspecified atom stereocenters. The molecule has 2 aromatic rings. The molecule has 3 heterocycles. The lowest BCUT2D eigenvalue weighted by atomic mass is 10.0. The first kappa shape index (κ1) is 20.9. The van der Waals surface area contributed by atoms with Gasteiger partial charge in [0.1, 0.15) is 17.0 Å². The summed E-state index contributed by atoms with van der Waals surface area (Å²) in [7, 11) is 0. The number of amides is 2. The van der Waals surface area contributed by atoms with Gasteiger partial charge in [-0.3, -0.25) is 14.5 Å². The van der Waals surface area contributed by atoms with Crippen LogP contribution in [0.5, 0.6) is 0 Å². The molecule has 0 saturated carbocycles. The van der Waals surface area contributed by atoms with Gasteiger partial charge in [0.25, 0.3) is 5.91 Å². The molecule has 8 heteroatoms. The van der Waals surface area contributed by atoms with E-state index in [4.69, 9.17) is 16.1 Å². The number of aromatic nitrogens is 1. The molecule has 30 heavy (non-hydrogen) atoms. The number of carbonyl (C=O) groups is 2. The van der Waals surface area contributed by atoms with E-state index in [1.165, 1.54) is 0 Å². The third-order valence-corrected chi connectivity index (χ3v) is 6.23. The molecule has 4 rings (SSSR count). The summed E-state index contributed by atoms with van der Waals surface area (Å²) in [6, 6.07) is 7.31. The lowest BCUT2D eigenvalue weighted by Gasteiger charge is -2.24. The smallest absolute Gasteiger partial charge is 0.259 e. The SMILES string of the molecule is Cc1onc(-c2ccccc2Cl)c1C(=O)N1CCCN(CC(=O)N2CCCC2)CC1. The Labute approximate surface area is 181 Å². The topological polar surface area (TPSA) is 69.9 Å². The van der Waals surface area contributed by atoms with E-state index in [0.29, 0.717) is 53.8 Å². The molecule has 0 aliphatic carbocycles. The molecule has 2 amide bonds. The maximum atomic E-state index is 13.4. The molecule has 1 aromatic carbocycles. The molecule has 0 spiro atoms. The first-order valence-corrected chi connectivity index (χ1v) is 10.9. The number of hydrogen-bond donors (Lipinski definition) is 0. The predicted octanol–water partition coefficient (Wildman–Crippen LogP) is 3.07. The fourth-order valence-electron chi connectivity index (χ4n) is 4.21. The second kappa shape index (κ2) is 9.18. The Hall–Kier alpha value is -2.38. The van der Waals surface area contributed by atoms with Crippen molar-refractivity contribution in [3.63, 3.8) is 0 Å². The summed E-state index contributed by atoms with van der Waals surface area (Å²) in [5.41, 5.74) is 1.63. The summed E-state index contributed by atoms with van der Waals surface area (Å²) in [5.74, 6) is 0.583. The summed E-state index contributed by atoms with van der Waals surface area (Å²) in [6.07, 6.45) is 3.02. The lowest BCUT2D eigenvalue weighted by molar-refractivity contribution is -0.131. The number of nitrogens with zero attached hydrogens (tertiary/aromatic N) is 4. The summed E-state index contributed by atoms with van der Waals surface area (Å²) >= 11 is 6.33. The van der Waals surface area contributed by atoms with E-state index in [1.54, 1.807) is 13.0 Å². The lowest BCUT2D eigenvalue weighted by Crippen LogP contribution is -2.41. The second-order valence-corrected chi connectivity index (χ2v) is 8.36. The summed E-state index contributed by atoms with van der Waals surface area (Å²) in [4.78, 5) is 31.8. The van der Waals surface area contributed by atoms with Crippen molar-refractivity contribution < 1.29 is 14.1 Å². The van der Waals surface area contributed by atoms with Gasteiger partial charge in [0.15, 0.2) is 0 Å². The van der Waals surface area contributed by atoms with Gasteiger partial charge >= 0.3 is 0 Å². The average Bonchev–Trinajstić information content (AvgIpc) is 3.34.